The second kappa shape index (κ2) is 9.80. The van der Waals surface area contributed by atoms with Crippen LogP contribution in [0.3, 0.4) is 0 Å². The Bertz CT molecular complexity index is 1270. The van der Waals surface area contributed by atoms with E-state index in [1.165, 1.54) is 0 Å². The fourth-order valence-electron chi connectivity index (χ4n) is 3.12. The van der Waals surface area contributed by atoms with E-state index >= 15 is 0 Å². The third kappa shape index (κ3) is 5.25. The number of ether oxygens (including phenoxy) is 1. The number of benzene rings is 3. The van der Waals surface area contributed by atoms with Crippen molar-refractivity contribution in [2.45, 2.75) is 10.6 Å². The van der Waals surface area contributed by atoms with E-state index < -0.39 is 5.91 Å². The maximum absolute atomic E-state index is 13.1. The van der Waals surface area contributed by atoms with Crippen LogP contribution in [0, 0.1) is 0 Å². The third-order valence-corrected chi connectivity index (χ3v) is 5.86. The zero-order chi connectivity index (χ0) is 22.5. The molecule has 0 radical (unpaired) electrons. The zero-order valence-corrected chi connectivity index (χ0v) is 18.4. The van der Waals surface area contributed by atoms with Gasteiger partial charge in [-0.15, -0.1) is 11.8 Å². The summed E-state index contributed by atoms with van der Waals surface area (Å²) in [4.78, 5) is 25.1. The van der Waals surface area contributed by atoms with E-state index in [0.29, 0.717) is 27.8 Å². The summed E-state index contributed by atoms with van der Waals surface area (Å²) in [5.41, 5.74) is 7.07. The number of thioether (sulfide) groups is 1. The Hall–Kier alpha value is -3.42. The summed E-state index contributed by atoms with van der Waals surface area (Å²) in [5, 5.41) is 4.40. The standard InChI is InChI=1S/C24H19ClN2O4S/c25-15-8-10-18(11-9-15)32-14-20-19-6-1-2-7-21(19)31-23(20)24(29)27-16-4-3-5-17(12-16)30-13-22(26)28/h1-12H,13-14H2,(H2,26,28)(H,27,29). The van der Waals surface area contributed by atoms with Crippen molar-refractivity contribution in [1.82, 2.24) is 0 Å². The minimum Gasteiger partial charge on any atom is -0.484 e. The topological polar surface area (TPSA) is 94.6 Å². The summed E-state index contributed by atoms with van der Waals surface area (Å²) in [6.07, 6.45) is 0. The molecule has 0 aliphatic carbocycles. The highest BCUT2D eigenvalue weighted by Crippen LogP contribution is 2.33. The molecule has 2 amide bonds. The van der Waals surface area contributed by atoms with Gasteiger partial charge in [-0.25, -0.2) is 0 Å². The van der Waals surface area contributed by atoms with Crippen LogP contribution in [0.5, 0.6) is 5.75 Å². The molecule has 3 aromatic carbocycles. The molecular weight excluding hydrogens is 448 g/mol. The van der Waals surface area contributed by atoms with Gasteiger partial charge in [0.25, 0.3) is 11.8 Å². The average molecular weight is 467 g/mol. The van der Waals surface area contributed by atoms with E-state index in [2.05, 4.69) is 5.32 Å². The number of primary amides is 1. The molecule has 3 N–H and O–H groups in total. The van der Waals surface area contributed by atoms with Gasteiger partial charge in [0, 0.05) is 38.4 Å². The van der Waals surface area contributed by atoms with Crippen molar-refractivity contribution in [3.8, 4) is 5.75 Å². The summed E-state index contributed by atoms with van der Waals surface area (Å²) in [6, 6.07) is 21.8. The molecule has 0 aliphatic rings. The quantitative estimate of drug-likeness (QED) is 0.334. The minimum absolute atomic E-state index is 0.243. The van der Waals surface area contributed by atoms with Gasteiger partial charge in [-0.1, -0.05) is 35.9 Å². The maximum Gasteiger partial charge on any atom is 0.291 e. The number of carbonyl (C=O) groups excluding carboxylic acids is 2. The van der Waals surface area contributed by atoms with Crippen LogP contribution in [-0.2, 0) is 10.5 Å². The van der Waals surface area contributed by atoms with Gasteiger partial charge in [0.2, 0.25) is 0 Å². The number of nitrogens with two attached hydrogens (primary N) is 1. The van der Waals surface area contributed by atoms with Gasteiger partial charge in [0.1, 0.15) is 11.3 Å². The van der Waals surface area contributed by atoms with Crippen molar-refractivity contribution >= 4 is 51.8 Å². The fourth-order valence-corrected chi connectivity index (χ4v) is 4.17. The van der Waals surface area contributed by atoms with Crippen molar-refractivity contribution in [1.29, 1.82) is 0 Å². The number of rotatable bonds is 8. The summed E-state index contributed by atoms with van der Waals surface area (Å²) < 4.78 is 11.2. The highest BCUT2D eigenvalue weighted by atomic mass is 35.5. The van der Waals surface area contributed by atoms with Crippen LogP contribution < -0.4 is 15.8 Å². The highest BCUT2D eigenvalue weighted by molar-refractivity contribution is 7.98. The van der Waals surface area contributed by atoms with Crippen LogP contribution in [0.2, 0.25) is 5.02 Å². The first-order chi connectivity index (χ1) is 15.5. The second-order valence-electron chi connectivity index (χ2n) is 6.89. The largest absolute Gasteiger partial charge is 0.484 e. The smallest absolute Gasteiger partial charge is 0.291 e. The monoisotopic (exact) mass is 466 g/mol. The second-order valence-corrected chi connectivity index (χ2v) is 8.37. The van der Waals surface area contributed by atoms with Crippen molar-refractivity contribution < 1.29 is 18.7 Å². The van der Waals surface area contributed by atoms with Crippen LogP contribution in [0.25, 0.3) is 11.0 Å². The van der Waals surface area contributed by atoms with Crippen molar-refractivity contribution in [2.75, 3.05) is 11.9 Å². The molecule has 1 aromatic heterocycles. The fraction of sp³-hybridized carbons (Fsp3) is 0.0833. The van der Waals surface area contributed by atoms with Crippen molar-refractivity contribution in [2.24, 2.45) is 5.73 Å². The highest BCUT2D eigenvalue weighted by Gasteiger charge is 2.21. The lowest BCUT2D eigenvalue weighted by molar-refractivity contribution is -0.119. The molecule has 0 saturated heterocycles. The Labute approximate surface area is 193 Å². The molecule has 0 aliphatic heterocycles. The van der Waals surface area contributed by atoms with Crippen molar-refractivity contribution in [3.63, 3.8) is 0 Å². The maximum atomic E-state index is 13.1. The summed E-state index contributed by atoms with van der Waals surface area (Å²) in [5.74, 6) is 0.258. The van der Waals surface area contributed by atoms with E-state index in [9.17, 15) is 9.59 Å². The van der Waals surface area contributed by atoms with Gasteiger partial charge in [-0.05, 0) is 42.5 Å². The van der Waals surface area contributed by atoms with Gasteiger partial charge in [0.05, 0.1) is 0 Å². The predicted molar refractivity (Wildman–Crippen MR) is 126 cm³/mol. The van der Waals surface area contributed by atoms with Gasteiger partial charge in [-0.2, -0.15) is 0 Å². The first-order valence-electron chi connectivity index (χ1n) is 9.71. The number of halogens is 1. The molecule has 6 nitrogen and oxygen atoms in total. The Morgan fingerprint density at radius 1 is 1.03 bits per heavy atom. The van der Waals surface area contributed by atoms with Crippen LogP contribution in [0.15, 0.2) is 82.1 Å². The Morgan fingerprint density at radius 2 is 1.81 bits per heavy atom. The normalized spacial score (nSPS) is 10.8. The van der Waals surface area contributed by atoms with Crippen LogP contribution >= 0.6 is 23.4 Å². The Balaban J connectivity index is 1.57. The molecule has 0 fully saturated rings. The van der Waals surface area contributed by atoms with Crippen LogP contribution in [0.4, 0.5) is 5.69 Å². The summed E-state index contributed by atoms with van der Waals surface area (Å²) >= 11 is 7.56. The summed E-state index contributed by atoms with van der Waals surface area (Å²) in [6.45, 7) is -0.243. The number of para-hydroxylation sites is 1. The molecule has 0 bridgehead atoms. The molecule has 32 heavy (non-hydrogen) atoms. The molecule has 4 aromatic rings. The molecule has 0 unspecified atom stereocenters. The lowest BCUT2D eigenvalue weighted by Crippen LogP contribution is -2.20. The number of amides is 2. The number of carbonyl (C=O) groups is 2. The number of anilines is 1. The molecule has 0 saturated carbocycles. The number of furan rings is 1. The molecular formula is C24H19ClN2O4S. The van der Waals surface area contributed by atoms with Crippen molar-refractivity contribution in [3.05, 3.63) is 89.1 Å². The SMILES string of the molecule is NC(=O)COc1cccc(NC(=O)c2oc3ccccc3c2CSc2ccc(Cl)cc2)c1. The minimum atomic E-state index is -0.579. The lowest BCUT2D eigenvalue weighted by Gasteiger charge is -2.08. The van der Waals surface area contributed by atoms with Crippen LogP contribution in [-0.4, -0.2) is 18.4 Å². The number of hydrogen-bond donors (Lipinski definition) is 2. The van der Waals surface area contributed by atoms with Gasteiger partial charge < -0.3 is 20.2 Å². The Kier molecular flexibility index (Phi) is 6.68. The first kappa shape index (κ1) is 21.8. The Morgan fingerprint density at radius 3 is 2.59 bits per heavy atom. The van der Waals surface area contributed by atoms with Gasteiger partial charge >= 0.3 is 0 Å². The molecule has 4 rings (SSSR count). The number of nitrogens with one attached hydrogen (secondary N) is 1. The predicted octanol–water partition coefficient (Wildman–Crippen LogP) is 5.49. The van der Waals surface area contributed by atoms with E-state index in [1.807, 2.05) is 48.5 Å². The molecule has 162 valence electrons. The van der Waals surface area contributed by atoms with E-state index in [0.717, 1.165) is 15.8 Å². The van der Waals surface area contributed by atoms with E-state index in [-0.39, 0.29) is 18.3 Å². The van der Waals surface area contributed by atoms with E-state index in [4.69, 9.17) is 26.5 Å². The molecule has 1 heterocycles. The first-order valence-corrected chi connectivity index (χ1v) is 11.1. The number of fused-ring (bicyclic) bond motifs is 1. The van der Waals surface area contributed by atoms with Gasteiger partial charge in [0.15, 0.2) is 12.4 Å². The zero-order valence-electron chi connectivity index (χ0n) is 16.8. The van der Waals surface area contributed by atoms with Gasteiger partial charge in [-0.3, -0.25) is 9.59 Å². The average Bonchev–Trinajstić information content (AvgIpc) is 3.16. The number of hydrogen-bond acceptors (Lipinski definition) is 5. The third-order valence-electron chi connectivity index (χ3n) is 4.57. The van der Waals surface area contributed by atoms with E-state index in [1.54, 1.807) is 36.0 Å². The molecule has 0 spiro atoms. The van der Waals surface area contributed by atoms with Crippen LogP contribution in [0.1, 0.15) is 16.1 Å². The molecule has 8 heteroatoms. The lowest BCUT2D eigenvalue weighted by atomic mass is 10.1. The summed E-state index contributed by atoms with van der Waals surface area (Å²) in [7, 11) is 0. The molecule has 0 atom stereocenters.